The van der Waals surface area contributed by atoms with Gasteiger partial charge in [-0.15, -0.1) is 0 Å². The number of carbonyl (C=O) groups excluding carboxylic acids is 1. The van der Waals surface area contributed by atoms with Crippen LogP contribution < -0.4 is 4.74 Å². The van der Waals surface area contributed by atoms with Crippen LogP contribution in [-0.4, -0.2) is 5.97 Å². The van der Waals surface area contributed by atoms with Crippen molar-refractivity contribution in [2.75, 3.05) is 0 Å². The first kappa shape index (κ1) is 13.7. The number of halogens is 2. The van der Waals surface area contributed by atoms with Gasteiger partial charge in [0, 0.05) is 0 Å². The maximum Gasteiger partial charge on any atom is 0.317 e. The van der Waals surface area contributed by atoms with Gasteiger partial charge < -0.3 is 4.74 Å². The second-order valence-corrected chi connectivity index (χ2v) is 8.02. The van der Waals surface area contributed by atoms with Crippen molar-refractivity contribution in [1.29, 1.82) is 0 Å². The molecule has 0 aromatic heterocycles. The molecule has 21 heavy (non-hydrogen) atoms. The van der Waals surface area contributed by atoms with Crippen molar-refractivity contribution < 1.29 is 13.9 Å². The van der Waals surface area contributed by atoms with Gasteiger partial charge in [-0.25, -0.2) is 4.39 Å². The van der Waals surface area contributed by atoms with Crippen molar-refractivity contribution >= 4 is 21.9 Å². The third kappa shape index (κ3) is 2.32. The summed E-state index contributed by atoms with van der Waals surface area (Å²) >= 11 is 3.27. The minimum Gasteiger partial charge on any atom is -0.425 e. The molecule has 0 atom stereocenters. The summed E-state index contributed by atoms with van der Waals surface area (Å²) in [4.78, 5) is 12.8. The molecule has 0 aliphatic heterocycles. The predicted molar refractivity (Wildman–Crippen MR) is 80.3 cm³/mol. The zero-order chi connectivity index (χ0) is 14.6. The summed E-state index contributed by atoms with van der Waals surface area (Å²) in [6.07, 6.45) is 6.84. The van der Waals surface area contributed by atoms with Crippen LogP contribution in [0.4, 0.5) is 4.39 Å². The fourth-order valence-corrected chi connectivity index (χ4v) is 5.56. The van der Waals surface area contributed by atoms with Crippen LogP contribution in [0.1, 0.15) is 38.5 Å². The van der Waals surface area contributed by atoms with Gasteiger partial charge in [0.25, 0.3) is 0 Å². The SMILES string of the molecule is O=C(Oc1ccc(F)cc1Br)C12CC3CC(CC(C3)C1)C2. The second-order valence-electron chi connectivity index (χ2n) is 7.16. The largest absolute Gasteiger partial charge is 0.425 e. The number of hydrogen-bond acceptors (Lipinski definition) is 2. The van der Waals surface area contributed by atoms with Gasteiger partial charge in [0.2, 0.25) is 0 Å². The molecule has 0 radical (unpaired) electrons. The molecule has 0 amide bonds. The van der Waals surface area contributed by atoms with E-state index in [1.54, 1.807) is 0 Å². The van der Waals surface area contributed by atoms with Crippen LogP contribution >= 0.6 is 15.9 Å². The molecule has 4 saturated carbocycles. The van der Waals surface area contributed by atoms with E-state index < -0.39 is 0 Å². The highest BCUT2D eigenvalue weighted by Gasteiger charge is 2.55. The molecule has 4 bridgehead atoms. The molecular weight excluding hydrogens is 335 g/mol. The van der Waals surface area contributed by atoms with E-state index in [1.807, 2.05) is 0 Å². The monoisotopic (exact) mass is 352 g/mol. The van der Waals surface area contributed by atoms with Crippen molar-refractivity contribution in [1.82, 2.24) is 0 Å². The average molecular weight is 353 g/mol. The normalized spacial score (nSPS) is 36.8. The Morgan fingerprint density at radius 1 is 1.14 bits per heavy atom. The molecule has 0 spiro atoms. The summed E-state index contributed by atoms with van der Waals surface area (Å²) in [5.74, 6) is 2.11. The summed E-state index contributed by atoms with van der Waals surface area (Å²) in [6.45, 7) is 0. The predicted octanol–water partition coefficient (Wildman–Crippen LogP) is 4.71. The standard InChI is InChI=1S/C17H18BrFO2/c18-14-6-13(19)1-2-15(14)21-16(20)17-7-10-3-11(8-17)5-12(4-10)9-17/h1-2,6,10-12H,3-5,7-9H2. The molecule has 0 saturated heterocycles. The Labute approximate surface area is 132 Å². The van der Waals surface area contributed by atoms with Crippen LogP contribution in [0.2, 0.25) is 0 Å². The third-order valence-corrected chi connectivity index (χ3v) is 6.19. The number of benzene rings is 1. The molecule has 0 heterocycles. The van der Waals surface area contributed by atoms with E-state index in [1.165, 1.54) is 37.5 Å². The molecular formula is C17H18BrFO2. The highest BCUT2D eigenvalue weighted by molar-refractivity contribution is 9.10. The maximum atomic E-state index is 13.1. The molecule has 5 rings (SSSR count). The molecule has 112 valence electrons. The Hall–Kier alpha value is -0.900. The van der Waals surface area contributed by atoms with Crippen molar-refractivity contribution in [3.8, 4) is 5.75 Å². The zero-order valence-electron chi connectivity index (χ0n) is 11.8. The Bertz CT molecular complexity index is 563. The van der Waals surface area contributed by atoms with E-state index in [4.69, 9.17) is 4.74 Å². The molecule has 1 aromatic rings. The topological polar surface area (TPSA) is 26.3 Å². The lowest BCUT2D eigenvalue weighted by atomic mass is 9.49. The molecule has 1 aromatic carbocycles. The van der Waals surface area contributed by atoms with Gasteiger partial charge in [0.05, 0.1) is 9.89 Å². The Kier molecular flexibility index (Phi) is 3.14. The fraction of sp³-hybridized carbons (Fsp3) is 0.588. The van der Waals surface area contributed by atoms with Crippen LogP contribution in [0, 0.1) is 29.0 Å². The third-order valence-electron chi connectivity index (χ3n) is 5.57. The van der Waals surface area contributed by atoms with Gasteiger partial charge in [-0.05, 0) is 90.4 Å². The first-order valence-corrected chi connectivity index (χ1v) is 8.51. The number of esters is 1. The smallest absolute Gasteiger partial charge is 0.317 e. The first-order chi connectivity index (χ1) is 10.0. The number of ether oxygens (including phenoxy) is 1. The van der Waals surface area contributed by atoms with Crippen LogP contribution in [-0.2, 0) is 4.79 Å². The Balaban J connectivity index is 1.57. The van der Waals surface area contributed by atoms with Gasteiger partial charge in [-0.2, -0.15) is 0 Å². The van der Waals surface area contributed by atoms with E-state index in [-0.39, 0.29) is 17.2 Å². The lowest BCUT2D eigenvalue weighted by Gasteiger charge is -2.55. The van der Waals surface area contributed by atoms with E-state index in [0.29, 0.717) is 28.0 Å². The summed E-state index contributed by atoms with van der Waals surface area (Å²) in [5, 5.41) is 0. The second kappa shape index (κ2) is 4.80. The molecule has 4 fully saturated rings. The van der Waals surface area contributed by atoms with Crippen LogP contribution in [0.25, 0.3) is 0 Å². The minimum atomic E-state index is -0.337. The number of hydrogen-bond donors (Lipinski definition) is 0. The number of carbonyl (C=O) groups is 1. The van der Waals surface area contributed by atoms with Crippen molar-refractivity contribution in [2.45, 2.75) is 38.5 Å². The molecule has 0 N–H and O–H groups in total. The van der Waals surface area contributed by atoms with Gasteiger partial charge >= 0.3 is 5.97 Å². The van der Waals surface area contributed by atoms with Crippen LogP contribution in [0.3, 0.4) is 0 Å². The molecule has 0 unspecified atom stereocenters. The molecule has 4 aliphatic rings. The first-order valence-electron chi connectivity index (χ1n) is 7.71. The van der Waals surface area contributed by atoms with Gasteiger partial charge in [-0.1, -0.05) is 0 Å². The summed E-state index contributed by atoms with van der Waals surface area (Å²) < 4.78 is 19.3. The highest BCUT2D eigenvalue weighted by Crippen LogP contribution is 2.60. The van der Waals surface area contributed by atoms with E-state index in [9.17, 15) is 9.18 Å². The van der Waals surface area contributed by atoms with Crippen molar-refractivity contribution in [3.05, 3.63) is 28.5 Å². The zero-order valence-corrected chi connectivity index (χ0v) is 13.4. The van der Waals surface area contributed by atoms with Crippen LogP contribution in [0.5, 0.6) is 5.75 Å². The van der Waals surface area contributed by atoms with Gasteiger partial charge in [0.1, 0.15) is 11.6 Å². The van der Waals surface area contributed by atoms with Crippen molar-refractivity contribution in [2.24, 2.45) is 23.2 Å². The Morgan fingerprint density at radius 3 is 2.24 bits per heavy atom. The summed E-state index contributed by atoms with van der Waals surface area (Å²) in [5.41, 5.74) is -0.275. The molecule has 4 heteroatoms. The van der Waals surface area contributed by atoms with Crippen LogP contribution in [0.15, 0.2) is 22.7 Å². The van der Waals surface area contributed by atoms with Crippen molar-refractivity contribution in [3.63, 3.8) is 0 Å². The summed E-state index contributed by atoms with van der Waals surface area (Å²) in [7, 11) is 0. The quantitative estimate of drug-likeness (QED) is 0.569. The minimum absolute atomic E-state index is 0.103. The number of rotatable bonds is 2. The maximum absolute atomic E-state index is 13.1. The van der Waals surface area contributed by atoms with Gasteiger partial charge in [0.15, 0.2) is 0 Å². The fourth-order valence-electron chi connectivity index (χ4n) is 5.13. The lowest BCUT2D eigenvalue weighted by molar-refractivity contribution is -0.161. The van der Waals surface area contributed by atoms with E-state index in [2.05, 4.69) is 15.9 Å². The lowest BCUT2D eigenvalue weighted by Crippen LogP contribution is -2.51. The highest BCUT2D eigenvalue weighted by atomic mass is 79.9. The molecule has 2 nitrogen and oxygen atoms in total. The summed E-state index contributed by atoms with van der Waals surface area (Å²) in [6, 6.07) is 4.19. The van der Waals surface area contributed by atoms with Gasteiger partial charge in [-0.3, -0.25) is 4.79 Å². The van der Waals surface area contributed by atoms with E-state index >= 15 is 0 Å². The average Bonchev–Trinajstić information content (AvgIpc) is 2.40. The van der Waals surface area contributed by atoms with E-state index in [0.717, 1.165) is 19.3 Å². The molecule has 4 aliphatic carbocycles. The Morgan fingerprint density at radius 2 is 1.71 bits per heavy atom.